The molecule has 1 amide bonds. The number of aryl methyl sites for hydroxylation is 1. The quantitative estimate of drug-likeness (QED) is 0.857. The third-order valence-corrected chi connectivity index (χ3v) is 2.83. The van der Waals surface area contributed by atoms with Gasteiger partial charge >= 0.3 is 0 Å². The summed E-state index contributed by atoms with van der Waals surface area (Å²) in [5, 5.41) is 2.83. The maximum Gasteiger partial charge on any atom is 0.260 e. The zero-order chi connectivity index (χ0) is 14.6. The maximum atomic E-state index is 11.8. The lowest BCUT2D eigenvalue weighted by Gasteiger charge is -2.18. The molecule has 0 aliphatic rings. The van der Waals surface area contributed by atoms with Crippen molar-refractivity contribution in [2.24, 2.45) is 5.73 Å². The van der Waals surface area contributed by atoms with Crippen molar-refractivity contribution < 1.29 is 9.53 Å². The summed E-state index contributed by atoms with van der Waals surface area (Å²) in [7, 11) is 0. The second-order valence-corrected chi connectivity index (χ2v) is 5.24. The average molecular weight is 264 g/mol. The number of ether oxygens (including phenoxy) is 1. The lowest BCUT2D eigenvalue weighted by atomic mass is 10.1. The van der Waals surface area contributed by atoms with Gasteiger partial charge in [0, 0.05) is 12.1 Å². The minimum atomic E-state index is -0.512. The first kappa shape index (κ1) is 15.5. The molecule has 1 aromatic carbocycles. The van der Waals surface area contributed by atoms with Crippen molar-refractivity contribution in [3.8, 4) is 5.75 Å². The van der Waals surface area contributed by atoms with Crippen molar-refractivity contribution >= 4 is 5.91 Å². The molecule has 0 bridgehead atoms. The van der Waals surface area contributed by atoms with Crippen molar-refractivity contribution in [3.05, 3.63) is 29.3 Å². The molecule has 0 aliphatic heterocycles. The van der Waals surface area contributed by atoms with Crippen LogP contribution in [0, 0.1) is 6.92 Å². The number of nitrogens with two attached hydrogens (primary N) is 1. The van der Waals surface area contributed by atoms with E-state index in [-0.39, 0.29) is 18.0 Å². The Balaban J connectivity index is 2.74. The molecule has 3 N–H and O–H groups in total. The van der Waals surface area contributed by atoms with E-state index in [9.17, 15) is 4.79 Å². The highest BCUT2D eigenvalue weighted by atomic mass is 16.5. The van der Waals surface area contributed by atoms with Crippen molar-refractivity contribution in [1.29, 1.82) is 0 Å². The minimum Gasteiger partial charge on any atom is -0.481 e. The number of amides is 1. The Kier molecular flexibility index (Phi) is 5.36. The molecule has 0 aliphatic carbocycles. The number of nitrogens with one attached hydrogen (secondary N) is 1. The second kappa shape index (κ2) is 6.57. The first-order valence-electron chi connectivity index (χ1n) is 6.64. The van der Waals surface area contributed by atoms with Crippen molar-refractivity contribution in [1.82, 2.24) is 5.32 Å². The van der Waals surface area contributed by atoms with Crippen LogP contribution in [0.4, 0.5) is 0 Å². The Morgan fingerprint density at radius 3 is 2.37 bits per heavy atom. The van der Waals surface area contributed by atoms with Crippen LogP contribution < -0.4 is 15.8 Å². The Bertz CT molecular complexity index is 442. The Morgan fingerprint density at radius 2 is 1.89 bits per heavy atom. The molecule has 2 atom stereocenters. The predicted molar refractivity (Wildman–Crippen MR) is 77.2 cm³/mol. The molecule has 0 aromatic heterocycles. The molecule has 1 aromatic rings. The standard InChI is InChI=1S/C15H24N2O2/c1-9(2)17-15(18)12(5)19-14-7-6-13(11(4)16)8-10(14)3/h6-9,11-12H,16H2,1-5H3,(H,17,18)/t11-,12?/m0/s1. The molecule has 4 heteroatoms. The van der Waals surface area contributed by atoms with Crippen LogP contribution in [0.2, 0.25) is 0 Å². The highest BCUT2D eigenvalue weighted by molar-refractivity contribution is 5.80. The topological polar surface area (TPSA) is 64.3 Å². The third-order valence-electron chi connectivity index (χ3n) is 2.83. The van der Waals surface area contributed by atoms with Crippen LogP contribution in [0.3, 0.4) is 0 Å². The van der Waals surface area contributed by atoms with Gasteiger partial charge in [0.1, 0.15) is 5.75 Å². The predicted octanol–water partition coefficient (Wildman–Crippen LogP) is 2.31. The summed E-state index contributed by atoms with van der Waals surface area (Å²) in [6.07, 6.45) is -0.512. The van der Waals surface area contributed by atoms with E-state index in [0.29, 0.717) is 0 Å². The highest BCUT2D eigenvalue weighted by Crippen LogP contribution is 2.22. The van der Waals surface area contributed by atoms with Crippen LogP contribution in [-0.4, -0.2) is 18.1 Å². The normalized spacial score (nSPS) is 14.1. The maximum absolute atomic E-state index is 11.8. The molecule has 106 valence electrons. The molecule has 0 fully saturated rings. The zero-order valence-corrected chi connectivity index (χ0v) is 12.4. The van der Waals surface area contributed by atoms with E-state index >= 15 is 0 Å². The van der Waals surface area contributed by atoms with Gasteiger partial charge < -0.3 is 15.8 Å². The van der Waals surface area contributed by atoms with E-state index in [4.69, 9.17) is 10.5 Å². The third kappa shape index (κ3) is 4.56. The van der Waals surface area contributed by atoms with Gasteiger partial charge in [0.05, 0.1) is 0 Å². The smallest absolute Gasteiger partial charge is 0.260 e. The average Bonchev–Trinajstić information content (AvgIpc) is 2.30. The summed E-state index contributed by atoms with van der Waals surface area (Å²) in [5.74, 6) is 0.612. The van der Waals surface area contributed by atoms with Gasteiger partial charge in [-0.2, -0.15) is 0 Å². The molecular formula is C15H24N2O2. The fraction of sp³-hybridized carbons (Fsp3) is 0.533. The van der Waals surface area contributed by atoms with Crippen molar-refractivity contribution in [2.45, 2.75) is 52.8 Å². The highest BCUT2D eigenvalue weighted by Gasteiger charge is 2.16. The number of benzene rings is 1. The van der Waals surface area contributed by atoms with E-state index in [1.807, 2.05) is 45.9 Å². The van der Waals surface area contributed by atoms with E-state index in [1.165, 1.54) is 0 Å². The Labute approximate surface area is 115 Å². The van der Waals surface area contributed by atoms with Crippen LogP contribution in [0.25, 0.3) is 0 Å². The summed E-state index contributed by atoms with van der Waals surface area (Å²) < 4.78 is 5.69. The second-order valence-electron chi connectivity index (χ2n) is 5.24. The minimum absolute atomic E-state index is 0.00517. The van der Waals surface area contributed by atoms with E-state index in [0.717, 1.165) is 16.9 Å². The van der Waals surface area contributed by atoms with Crippen molar-refractivity contribution in [3.63, 3.8) is 0 Å². The van der Waals surface area contributed by atoms with Gasteiger partial charge in [-0.1, -0.05) is 12.1 Å². The van der Waals surface area contributed by atoms with E-state index in [2.05, 4.69) is 5.32 Å². The van der Waals surface area contributed by atoms with Gasteiger partial charge in [-0.3, -0.25) is 4.79 Å². The van der Waals surface area contributed by atoms with E-state index < -0.39 is 6.10 Å². The van der Waals surface area contributed by atoms with Crippen LogP contribution >= 0.6 is 0 Å². The number of rotatable bonds is 5. The number of carbonyl (C=O) groups excluding carboxylic acids is 1. The van der Waals surface area contributed by atoms with Gasteiger partial charge in [0.25, 0.3) is 5.91 Å². The monoisotopic (exact) mass is 264 g/mol. The zero-order valence-electron chi connectivity index (χ0n) is 12.4. The first-order chi connectivity index (χ1) is 8.81. The summed E-state index contributed by atoms with van der Waals surface area (Å²) in [6.45, 7) is 9.49. The Hall–Kier alpha value is -1.55. The van der Waals surface area contributed by atoms with Gasteiger partial charge in [-0.05, 0) is 51.8 Å². The van der Waals surface area contributed by atoms with Crippen LogP contribution in [0.5, 0.6) is 5.75 Å². The fourth-order valence-electron chi connectivity index (χ4n) is 1.73. The molecule has 0 radical (unpaired) electrons. The first-order valence-corrected chi connectivity index (χ1v) is 6.64. The summed E-state index contributed by atoms with van der Waals surface area (Å²) in [5.41, 5.74) is 7.88. The largest absolute Gasteiger partial charge is 0.481 e. The van der Waals surface area contributed by atoms with E-state index in [1.54, 1.807) is 6.92 Å². The Morgan fingerprint density at radius 1 is 1.26 bits per heavy atom. The molecule has 1 rings (SSSR count). The van der Waals surface area contributed by atoms with Gasteiger partial charge in [-0.15, -0.1) is 0 Å². The van der Waals surface area contributed by atoms with Gasteiger partial charge in [-0.25, -0.2) is 0 Å². The number of hydrogen-bond donors (Lipinski definition) is 2. The van der Waals surface area contributed by atoms with Gasteiger partial charge in [0.15, 0.2) is 6.10 Å². The number of carbonyl (C=O) groups is 1. The van der Waals surface area contributed by atoms with Gasteiger partial charge in [0.2, 0.25) is 0 Å². The molecular weight excluding hydrogens is 240 g/mol. The van der Waals surface area contributed by atoms with Crippen molar-refractivity contribution in [2.75, 3.05) is 0 Å². The molecule has 0 saturated carbocycles. The van der Waals surface area contributed by atoms with Crippen LogP contribution in [0.1, 0.15) is 44.9 Å². The molecule has 0 heterocycles. The SMILES string of the molecule is Cc1cc([C@H](C)N)ccc1OC(C)C(=O)NC(C)C. The molecule has 4 nitrogen and oxygen atoms in total. The fourth-order valence-corrected chi connectivity index (χ4v) is 1.73. The molecule has 19 heavy (non-hydrogen) atoms. The number of hydrogen-bond acceptors (Lipinski definition) is 3. The van der Waals surface area contributed by atoms with Crippen LogP contribution in [0.15, 0.2) is 18.2 Å². The summed E-state index contributed by atoms with van der Waals surface area (Å²) in [4.78, 5) is 11.8. The van der Waals surface area contributed by atoms with Crippen LogP contribution in [-0.2, 0) is 4.79 Å². The lowest BCUT2D eigenvalue weighted by molar-refractivity contribution is -0.127. The molecule has 0 spiro atoms. The summed E-state index contributed by atoms with van der Waals surface area (Å²) >= 11 is 0. The molecule has 1 unspecified atom stereocenters. The summed E-state index contributed by atoms with van der Waals surface area (Å²) in [6, 6.07) is 5.90. The molecule has 0 saturated heterocycles. The lowest BCUT2D eigenvalue weighted by Crippen LogP contribution is -2.40.